The average Bonchev–Trinajstić information content (AvgIpc) is 3.32. The molecule has 2 N–H and O–H groups in total. The van der Waals surface area contributed by atoms with Crippen molar-refractivity contribution in [2.45, 2.75) is 63.1 Å². The van der Waals surface area contributed by atoms with Crippen LogP contribution < -0.4 is 5.73 Å². The highest BCUT2D eigenvalue weighted by molar-refractivity contribution is 5.04. The summed E-state index contributed by atoms with van der Waals surface area (Å²) in [6.45, 7) is 4.79. The molecule has 2 fully saturated rings. The lowest BCUT2D eigenvalue weighted by atomic mass is 9.76. The molecule has 2 saturated carbocycles. The van der Waals surface area contributed by atoms with Gasteiger partial charge in [-0.1, -0.05) is 12.8 Å². The zero-order valence-electron chi connectivity index (χ0n) is 13.4. The second kappa shape index (κ2) is 7.21. The van der Waals surface area contributed by atoms with E-state index >= 15 is 0 Å². The van der Waals surface area contributed by atoms with Crippen LogP contribution in [0, 0.1) is 5.92 Å². The van der Waals surface area contributed by atoms with Crippen molar-refractivity contribution in [3.8, 4) is 0 Å². The summed E-state index contributed by atoms with van der Waals surface area (Å²) < 4.78 is 11.2. The van der Waals surface area contributed by atoms with Gasteiger partial charge in [-0.05, 0) is 38.5 Å². The smallest absolute Gasteiger partial charge is 0.0767 e. The van der Waals surface area contributed by atoms with Gasteiger partial charge in [-0.15, -0.1) is 0 Å². The first-order valence-electron chi connectivity index (χ1n) is 8.18. The van der Waals surface area contributed by atoms with E-state index in [1.54, 1.807) is 7.11 Å². The molecule has 0 aromatic heterocycles. The molecule has 0 aromatic rings. The van der Waals surface area contributed by atoms with Gasteiger partial charge < -0.3 is 15.2 Å². The fourth-order valence-electron chi connectivity index (χ4n) is 4.06. The van der Waals surface area contributed by atoms with Crippen molar-refractivity contribution in [1.29, 1.82) is 0 Å². The molecule has 118 valence electrons. The van der Waals surface area contributed by atoms with Crippen LogP contribution in [0.4, 0.5) is 0 Å². The van der Waals surface area contributed by atoms with E-state index in [1.165, 1.54) is 25.7 Å². The Morgan fingerprint density at radius 3 is 2.55 bits per heavy atom. The Hall–Kier alpha value is -0.160. The van der Waals surface area contributed by atoms with Crippen molar-refractivity contribution < 1.29 is 9.47 Å². The number of ether oxygens (including phenoxy) is 2. The predicted octanol–water partition coefficient (Wildman–Crippen LogP) is 2.02. The molecule has 2 aliphatic rings. The number of hydrogen-bond acceptors (Lipinski definition) is 4. The van der Waals surface area contributed by atoms with Crippen molar-refractivity contribution in [2.75, 3.05) is 33.9 Å². The Balaban J connectivity index is 2.20. The standard InChI is InChI=1S/C16H32N2O2/c1-13(14-7-8-14)18(10-11-19-2)16(12-17)9-5-4-6-15(16)20-3/h13-15H,4-12,17H2,1-3H3. The molecule has 2 rings (SSSR count). The highest BCUT2D eigenvalue weighted by atomic mass is 16.5. The van der Waals surface area contributed by atoms with E-state index in [1.807, 2.05) is 7.11 Å². The summed E-state index contributed by atoms with van der Waals surface area (Å²) in [6, 6.07) is 0.587. The third-order valence-corrected chi connectivity index (χ3v) is 5.47. The van der Waals surface area contributed by atoms with Crippen LogP contribution in [-0.2, 0) is 9.47 Å². The minimum Gasteiger partial charge on any atom is -0.383 e. The van der Waals surface area contributed by atoms with E-state index in [0.717, 1.165) is 31.9 Å². The minimum atomic E-state index is 0.00748. The Bertz CT molecular complexity index is 296. The number of methoxy groups -OCH3 is 2. The molecule has 3 unspecified atom stereocenters. The van der Waals surface area contributed by atoms with Crippen molar-refractivity contribution in [3.05, 3.63) is 0 Å². The number of nitrogens with two attached hydrogens (primary N) is 1. The molecule has 2 aliphatic carbocycles. The third kappa shape index (κ3) is 3.19. The van der Waals surface area contributed by atoms with E-state index in [-0.39, 0.29) is 11.6 Å². The van der Waals surface area contributed by atoms with Gasteiger partial charge in [-0.3, -0.25) is 4.90 Å². The summed E-state index contributed by atoms with van der Waals surface area (Å²) in [5.74, 6) is 0.842. The molecule has 4 heteroatoms. The van der Waals surface area contributed by atoms with Crippen LogP contribution >= 0.6 is 0 Å². The maximum absolute atomic E-state index is 6.27. The van der Waals surface area contributed by atoms with Crippen LogP contribution in [0.1, 0.15) is 45.4 Å². The maximum Gasteiger partial charge on any atom is 0.0767 e. The molecule has 4 nitrogen and oxygen atoms in total. The molecule has 0 bridgehead atoms. The number of rotatable bonds is 8. The van der Waals surface area contributed by atoms with Crippen LogP contribution in [0.5, 0.6) is 0 Å². The summed E-state index contributed by atoms with van der Waals surface area (Å²) in [6.07, 6.45) is 7.80. The van der Waals surface area contributed by atoms with Gasteiger partial charge in [0.15, 0.2) is 0 Å². The fraction of sp³-hybridized carbons (Fsp3) is 1.00. The van der Waals surface area contributed by atoms with Crippen molar-refractivity contribution >= 4 is 0 Å². The topological polar surface area (TPSA) is 47.7 Å². The molecule has 0 amide bonds. The van der Waals surface area contributed by atoms with Crippen molar-refractivity contribution in [3.63, 3.8) is 0 Å². The molecule has 0 radical (unpaired) electrons. The van der Waals surface area contributed by atoms with Gasteiger partial charge in [0.1, 0.15) is 0 Å². The predicted molar refractivity (Wildman–Crippen MR) is 81.8 cm³/mol. The summed E-state index contributed by atoms with van der Waals surface area (Å²) >= 11 is 0. The molecule has 0 aromatic carbocycles. The average molecular weight is 284 g/mol. The van der Waals surface area contributed by atoms with Crippen LogP contribution in [-0.4, -0.2) is 56.5 Å². The summed E-state index contributed by atoms with van der Waals surface area (Å²) in [7, 11) is 3.63. The second-order valence-corrected chi connectivity index (χ2v) is 6.54. The molecule has 0 heterocycles. The maximum atomic E-state index is 6.27. The molecular weight excluding hydrogens is 252 g/mol. The van der Waals surface area contributed by atoms with Crippen molar-refractivity contribution in [1.82, 2.24) is 4.90 Å². The van der Waals surface area contributed by atoms with E-state index in [9.17, 15) is 0 Å². The molecular formula is C16H32N2O2. The molecule has 0 saturated heterocycles. The van der Waals surface area contributed by atoms with E-state index in [4.69, 9.17) is 15.2 Å². The Labute approximate surface area is 124 Å². The lowest BCUT2D eigenvalue weighted by Gasteiger charge is -2.52. The van der Waals surface area contributed by atoms with Gasteiger partial charge >= 0.3 is 0 Å². The van der Waals surface area contributed by atoms with E-state index < -0.39 is 0 Å². The summed E-state index contributed by atoms with van der Waals surface area (Å²) in [4.78, 5) is 2.63. The van der Waals surface area contributed by atoms with Crippen LogP contribution in [0.2, 0.25) is 0 Å². The van der Waals surface area contributed by atoms with Crippen LogP contribution in [0.25, 0.3) is 0 Å². The highest BCUT2D eigenvalue weighted by Gasteiger charge is 2.48. The zero-order chi connectivity index (χ0) is 14.6. The second-order valence-electron chi connectivity index (χ2n) is 6.54. The van der Waals surface area contributed by atoms with Gasteiger partial charge in [0.05, 0.1) is 18.2 Å². The van der Waals surface area contributed by atoms with Gasteiger partial charge in [-0.25, -0.2) is 0 Å². The minimum absolute atomic E-state index is 0.00748. The summed E-state index contributed by atoms with van der Waals surface area (Å²) in [5, 5.41) is 0. The normalized spacial score (nSPS) is 32.5. The first kappa shape index (κ1) is 16.2. The Morgan fingerprint density at radius 1 is 1.25 bits per heavy atom. The van der Waals surface area contributed by atoms with Gasteiger partial charge in [-0.2, -0.15) is 0 Å². The van der Waals surface area contributed by atoms with Gasteiger partial charge in [0, 0.05) is 33.4 Å². The molecule has 0 aliphatic heterocycles. The SMILES string of the molecule is COCCN(C(C)C1CC1)C1(CN)CCCCC1OC. The fourth-order valence-corrected chi connectivity index (χ4v) is 4.06. The lowest BCUT2D eigenvalue weighted by Crippen LogP contribution is -2.66. The molecule has 0 spiro atoms. The monoisotopic (exact) mass is 284 g/mol. The van der Waals surface area contributed by atoms with Crippen LogP contribution in [0.15, 0.2) is 0 Å². The van der Waals surface area contributed by atoms with Crippen LogP contribution in [0.3, 0.4) is 0 Å². The highest BCUT2D eigenvalue weighted by Crippen LogP contribution is 2.42. The zero-order valence-corrected chi connectivity index (χ0v) is 13.4. The largest absolute Gasteiger partial charge is 0.383 e. The van der Waals surface area contributed by atoms with Gasteiger partial charge in [0.2, 0.25) is 0 Å². The summed E-state index contributed by atoms with van der Waals surface area (Å²) in [5.41, 5.74) is 6.28. The number of hydrogen-bond donors (Lipinski definition) is 1. The van der Waals surface area contributed by atoms with E-state index in [0.29, 0.717) is 12.6 Å². The Kier molecular flexibility index (Phi) is 5.84. The molecule has 20 heavy (non-hydrogen) atoms. The first-order chi connectivity index (χ1) is 9.69. The first-order valence-corrected chi connectivity index (χ1v) is 8.18. The van der Waals surface area contributed by atoms with E-state index in [2.05, 4.69) is 11.8 Å². The van der Waals surface area contributed by atoms with Gasteiger partial charge in [0.25, 0.3) is 0 Å². The molecule has 3 atom stereocenters. The third-order valence-electron chi connectivity index (χ3n) is 5.47. The number of nitrogens with zero attached hydrogens (tertiary/aromatic N) is 1. The quantitative estimate of drug-likeness (QED) is 0.741. The Morgan fingerprint density at radius 2 is 2.00 bits per heavy atom. The lowest BCUT2D eigenvalue weighted by molar-refractivity contribution is -0.0976. The van der Waals surface area contributed by atoms with Crippen molar-refractivity contribution in [2.24, 2.45) is 11.7 Å².